The highest BCUT2D eigenvalue weighted by molar-refractivity contribution is 6.30. The monoisotopic (exact) mass is 378 g/mol. The molecule has 1 aromatic carbocycles. The molecule has 0 unspecified atom stereocenters. The Hall–Kier alpha value is -1.75. The van der Waals surface area contributed by atoms with E-state index in [0.29, 0.717) is 18.2 Å². The van der Waals surface area contributed by atoms with Crippen molar-refractivity contribution in [3.63, 3.8) is 0 Å². The summed E-state index contributed by atoms with van der Waals surface area (Å²) in [6, 6.07) is 6.58. The molecule has 142 valence electrons. The number of carbonyl (C=O) groups excluding carboxylic acids is 2. The van der Waals surface area contributed by atoms with E-state index >= 15 is 0 Å². The zero-order valence-corrected chi connectivity index (χ0v) is 16.2. The first-order valence-corrected chi connectivity index (χ1v) is 9.97. The molecule has 1 saturated heterocycles. The Balaban J connectivity index is 2.03. The standard InChI is InChI=1S/C20H27ClN2O3/c1-3-13-22-17(14-9-11-15(21)12-10-14)18(19(24)26-4-2)23(20(22)25)16-7-5-6-8-16/h9-12,16-18H,3-8,13H2,1-2H3/t17-,18+/m1/s1. The van der Waals surface area contributed by atoms with Crippen molar-refractivity contribution in [2.24, 2.45) is 0 Å². The van der Waals surface area contributed by atoms with Crippen LogP contribution >= 0.6 is 11.6 Å². The van der Waals surface area contributed by atoms with E-state index in [1.807, 2.05) is 36.1 Å². The van der Waals surface area contributed by atoms with Crippen molar-refractivity contribution in [2.75, 3.05) is 13.2 Å². The van der Waals surface area contributed by atoms with Gasteiger partial charge in [0.1, 0.15) is 0 Å². The van der Waals surface area contributed by atoms with Crippen LogP contribution in [0.25, 0.3) is 0 Å². The van der Waals surface area contributed by atoms with Crippen LogP contribution in [-0.4, -0.2) is 47.0 Å². The predicted molar refractivity (Wildman–Crippen MR) is 101 cm³/mol. The molecule has 0 bridgehead atoms. The largest absolute Gasteiger partial charge is 0.464 e. The van der Waals surface area contributed by atoms with E-state index in [1.54, 1.807) is 11.8 Å². The first-order chi connectivity index (χ1) is 12.6. The molecule has 0 spiro atoms. The maximum atomic E-state index is 13.3. The van der Waals surface area contributed by atoms with Crippen molar-refractivity contribution in [1.82, 2.24) is 9.80 Å². The third-order valence-corrected chi connectivity index (χ3v) is 5.58. The number of halogens is 1. The van der Waals surface area contributed by atoms with Crippen molar-refractivity contribution in [2.45, 2.75) is 64.1 Å². The number of rotatable bonds is 6. The lowest BCUT2D eigenvalue weighted by Crippen LogP contribution is -2.46. The van der Waals surface area contributed by atoms with Gasteiger partial charge in [0.2, 0.25) is 0 Å². The Morgan fingerprint density at radius 2 is 1.85 bits per heavy atom. The quantitative estimate of drug-likeness (QED) is 0.689. The normalized spacial score (nSPS) is 23.7. The molecule has 2 aliphatic rings. The van der Waals surface area contributed by atoms with Crippen molar-refractivity contribution in [1.29, 1.82) is 0 Å². The molecule has 1 aliphatic carbocycles. The summed E-state index contributed by atoms with van der Waals surface area (Å²) in [5.74, 6) is -0.314. The van der Waals surface area contributed by atoms with Crippen molar-refractivity contribution in [3.05, 3.63) is 34.9 Å². The molecule has 6 heteroatoms. The van der Waals surface area contributed by atoms with E-state index in [0.717, 1.165) is 37.7 Å². The van der Waals surface area contributed by atoms with Crippen LogP contribution in [0.2, 0.25) is 5.02 Å². The predicted octanol–water partition coefficient (Wildman–Crippen LogP) is 4.40. The number of nitrogens with zero attached hydrogens (tertiary/aromatic N) is 2. The molecule has 1 saturated carbocycles. The van der Waals surface area contributed by atoms with Gasteiger partial charge in [-0.3, -0.25) is 0 Å². The summed E-state index contributed by atoms with van der Waals surface area (Å²) in [6.45, 7) is 4.77. The highest BCUT2D eigenvalue weighted by Crippen LogP contribution is 2.40. The average Bonchev–Trinajstić information content (AvgIpc) is 3.23. The second-order valence-corrected chi connectivity index (χ2v) is 7.45. The van der Waals surface area contributed by atoms with E-state index in [2.05, 4.69) is 0 Å². The van der Waals surface area contributed by atoms with Gasteiger partial charge in [-0.1, -0.05) is 43.5 Å². The van der Waals surface area contributed by atoms with Crippen LogP contribution < -0.4 is 0 Å². The fourth-order valence-corrected chi connectivity index (χ4v) is 4.37. The van der Waals surface area contributed by atoms with Crippen molar-refractivity contribution >= 4 is 23.6 Å². The number of ether oxygens (including phenoxy) is 1. The molecule has 2 amide bonds. The van der Waals surface area contributed by atoms with E-state index in [9.17, 15) is 9.59 Å². The Bertz CT molecular complexity index is 643. The van der Waals surface area contributed by atoms with Crippen LogP contribution in [0.3, 0.4) is 0 Å². The van der Waals surface area contributed by atoms with Crippen LogP contribution in [0.15, 0.2) is 24.3 Å². The van der Waals surface area contributed by atoms with Gasteiger partial charge in [-0.25, -0.2) is 9.59 Å². The van der Waals surface area contributed by atoms with E-state index < -0.39 is 6.04 Å². The molecule has 1 aliphatic heterocycles. The first kappa shape index (κ1) is 19.0. The smallest absolute Gasteiger partial charge is 0.331 e. The lowest BCUT2D eigenvalue weighted by atomic mass is 9.97. The maximum absolute atomic E-state index is 13.3. The summed E-state index contributed by atoms with van der Waals surface area (Å²) in [6.07, 6.45) is 4.94. The number of urea groups is 1. The number of benzene rings is 1. The van der Waals surface area contributed by atoms with Gasteiger partial charge < -0.3 is 14.5 Å². The van der Waals surface area contributed by atoms with E-state index in [1.165, 1.54) is 0 Å². The fourth-order valence-electron chi connectivity index (χ4n) is 4.24. The molecule has 26 heavy (non-hydrogen) atoms. The lowest BCUT2D eigenvalue weighted by Gasteiger charge is -2.29. The Labute approximate surface area is 160 Å². The molecule has 0 N–H and O–H groups in total. The maximum Gasteiger partial charge on any atom is 0.331 e. The summed E-state index contributed by atoms with van der Waals surface area (Å²) in [4.78, 5) is 29.8. The zero-order chi connectivity index (χ0) is 18.7. The minimum atomic E-state index is -0.599. The number of amides is 2. The zero-order valence-electron chi connectivity index (χ0n) is 15.5. The summed E-state index contributed by atoms with van der Waals surface area (Å²) in [5.41, 5.74) is 0.926. The Kier molecular flexibility index (Phi) is 6.07. The van der Waals surface area contributed by atoms with E-state index in [4.69, 9.17) is 16.3 Å². The molecule has 2 atom stereocenters. The van der Waals surface area contributed by atoms with Crippen LogP contribution in [-0.2, 0) is 9.53 Å². The molecule has 0 radical (unpaired) electrons. The van der Waals surface area contributed by atoms with Crippen molar-refractivity contribution < 1.29 is 14.3 Å². The molecular weight excluding hydrogens is 352 g/mol. The Morgan fingerprint density at radius 3 is 2.42 bits per heavy atom. The average molecular weight is 379 g/mol. The SMILES string of the molecule is CCCN1C(=O)N(C2CCCC2)[C@H](C(=O)OCC)[C@H]1c1ccc(Cl)cc1. The van der Waals surface area contributed by atoms with Gasteiger partial charge in [0.25, 0.3) is 0 Å². The molecule has 5 nitrogen and oxygen atoms in total. The minimum Gasteiger partial charge on any atom is -0.464 e. The Morgan fingerprint density at radius 1 is 1.19 bits per heavy atom. The van der Waals surface area contributed by atoms with Gasteiger partial charge >= 0.3 is 12.0 Å². The summed E-state index contributed by atoms with van der Waals surface area (Å²) in [5, 5.41) is 0.639. The fraction of sp³-hybridized carbons (Fsp3) is 0.600. The molecule has 3 rings (SSSR count). The van der Waals surface area contributed by atoms with Gasteiger partial charge in [0, 0.05) is 17.6 Å². The molecular formula is C20H27ClN2O3. The number of hydrogen-bond donors (Lipinski definition) is 0. The van der Waals surface area contributed by atoms with Crippen LogP contribution in [0, 0.1) is 0 Å². The summed E-state index contributed by atoms with van der Waals surface area (Å²) in [7, 11) is 0. The summed E-state index contributed by atoms with van der Waals surface area (Å²) < 4.78 is 5.38. The van der Waals surface area contributed by atoms with Crippen LogP contribution in [0.5, 0.6) is 0 Å². The molecule has 1 heterocycles. The molecule has 0 aromatic heterocycles. The van der Waals surface area contributed by atoms with Crippen LogP contribution in [0.1, 0.15) is 57.6 Å². The third kappa shape index (κ3) is 3.54. The van der Waals surface area contributed by atoms with Gasteiger partial charge in [0.15, 0.2) is 6.04 Å². The first-order valence-electron chi connectivity index (χ1n) is 9.59. The molecule has 2 fully saturated rings. The molecule has 1 aromatic rings. The topological polar surface area (TPSA) is 49.9 Å². The van der Waals surface area contributed by atoms with Crippen molar-refractivity contribution in [3.8, 4) is 0 Å². The highest BCUT2D eigenvalue weighted by atomic mass is 35.5. The lowest BCUT2D eigenvalue weighted by molar-refractivity contribution is -0.149. The highest BCUT2D eigenvalue weighted by Gasteiger charge is 2.53. The van der Waals surface area contributed by atoms with Crippen LogP contribution in [0.4, 0.5) is 4.79 Å². The van der Waals surface area contributed by atoms with E-state index in [-0.39, 0.29) is 24.1 Å². The second kappa shape index (κ2) is 8.30. The summed E-state index contributed by atoms with van der Waals surface area (Å²) >= 11 is 6.04. The van der Waals surface area contributed by atoms with Gasteiger partial charge in [0.05, 0.1) is 12.6 Å². The minimum absolute atomic E-state index is 0.0447. The number of hydrogen-bond acceptors (Lipinski definition) is 3. The second-order valence-electron chi connectivity index (χ2n) is 7.01. The number of carbonyl (C=O) groups is 2. The van der Waals surface area contributed by atoms with Gasteiger partial charge in [-0.2, -0.15) is 0 Å². The van der Waals surface area contributed by atoms with Gasteiger partial charge in [-0.15, -0.1) is 0 Å². The number of esters is 1. The third-order valence-electron chi connectivity index (χ3n) is 5.32. The van der Waals surface area contributed by atoms with Gasteiger partial charge in [-0.05, 0) is 43.9 Å².